The summed E-state index contributed by atoms with van der Waals surface area (Å²) in [5.74, 6) is 1.08. The SMILES string of the molecule is CCNC(=NCCN1CCOCC1)N1CCC2(CCOC2)C1. The van der Waals surface area contributed by atoms with Gasteiger partial charge in [0.2, 0.25) is 0 Å². The number of aliphatic imine (C=N–C) groups is 1. The molecule has 3 aliphatic rings. The molecule has 1 spiro atoms. The quantitative estimate of drug-likeness (QED) is 0.601. The van der Waals surface area contributed by atoms with E-state index in [9.17, 15) is 0 Å². The summed E-state index contributed by atoms with van der Waals surface area (Å²) in [5, 5.41) is 3.46. The minimum absolute atomic E-state index is 0.389. The van der Waals surface area contributed by atoms with E-state index < -0.39 is 0 Å². The zero-order valence-corrected chi connectivity index (χ0v) is 13.9. The third-order valence-electron chi connectivity index (χ3n) is 5.04. The molecule has 6 nitrogen and oxygen atoms in total. The monoisotopic (exact) mass is 310 g/mol. The zero-order valence-electron chi connectivity index (χ0n) is 13.9. The van der Waals surface area contributed by atoms with Gasteiger partial charge in [-0.3, -0.25) is 9.89 Å². The summed E-state index contributed by atoms with van der Waals surface area (Å²) >= 11 is 0. The lowest BCUT2D eigenvalue weighted by Crippen LogP contribution is -2.42. The highest BCUT2D eigenvalue weighted by atomic mass is 16.5. The normalized spacial score (nSPS) is 30.4. The first-order valence-electron chi connectivity index (χ1n) is 8.72. The number of hydrogen-bond acceptors (Lipinski definition) is 4. The molecule has 22 heavy (non-hydrogen) atoms. The first-order chi connectivity index (χ1) is 10.8. The van der Waals surface area contributed by atoms with Crippen molar-refractivity contribution in [3.8, 4) is 0 Å². The standard InChI is InChI=1S/C16H30N4O2/c1-2-17-15(18-5-7-19-8-11-21-12-9-19)20-6-3-16(13-20)4-10-22-14-16/h2-14H2,1H3,(H,17,18). The lowest BCUT2D eigenvalue weighted by molar-refractivity contribution is 0.0394. The summed E-state index contributed by atoms with van der Waals surface area (Å²) < 4.78 is 11.0. The number of hydrogen-bond donors (Lipinski definition) is 1. The van der Waals surface area contributed by atoms with E-state index in [-0.39, 0.29) is 0 Å². The molecule has 0 saturated carbocycles. The number of ether oxygens (including phenoxy) is 2. The number of rotatable bonds is 4. The van der Waals surface area contributed by atoms with E-state index in [0.29, 0.717) is 5.41 Å². The number of morpholine rings is 1. The summed E-state index contributed by atoms with van der Waals surface area (Å²) in [4.78, 5) is 9.72. The minimum atomic E-state index is 0.389. The average Bonchev–Trinajstić information content (AvgIpc) is 3.18. The van der Waals surface area contributed by atoms with E-state index in [1.165, 1.54) is 12.8 Å². The third kappa shape index (κ3) is 3.91. The zero-order chi connectivity index (χ0) is 15.3. The fraction of sp³-hybridized carbons (Fsp3) is 0.938. The van der Waals surface area contributed by atoms with Crippen molar-refractivity contribution < 1.29 is 9.47 Å². The predicted octanol–water partition coefficient (Wildman–Crippen LogP) is 0.397. The summed E-state index contributed by atoms with van der Waals surface area (Å²) in [6, 6.07) is 0. The second-order valence-electron chi connectivity index (χ2n) is 6.66. The van der Waals surface area contributed by atoms with Gasteiger partial charge >= 0.3 is 0 Å². The van der Waals surface area contributed by atoms with Crippen LogP contribution < -0.4 is 5.32 Å². The Kier molecular flexibility index (Phi) is 5.55. The molecular weight excluding hydrogens is 280 g/mol. The number of guanidine groups is 1. The van der Waals surface area contributed by atoms with Crippen molar-refractivity contribution in [2.24, 2.45) is 10.4 Å². The maximum absolute atomic E-state index is 5.63. The molecule has 6 heteroatoms. The Morgan fingerprint density at radius 1 is 1.14 bits per heavy atom. The molecule has 0 aromatic carbocycles. The van der Waals surface area contributed by atoms with Crippen molar-refractivity contribution in [3.05, 3.63) is 0 Å². The Morgan fingerprint density at radius 3 is 2.73 bits per heavy atom. The van der Waals surface area contributed by atoms with Crippen molar-refractivity contribution in [2.75, 3.05) is 72.2 Å². The van der Waals surface area contributed by atoms with Gasteiger partial charge in [0.1, 0.15) is 0 Å². The third-order valence-corrected chi connectivity index (χ3v) is 5.04. The predicted molar refractivity (Wildman–Crippen MR) is 87.3 cm³/mol. The summed E-state index contributed by atoms with van der Waals surface area (Å²) in [6.07, 6.45) is 2.44. The molecule has 0 amide bonds. The van der Waals surface area contributed by atoms with Crippen molar-refractivity contribution in [2.45, 2.75) is 19.8 Å². The van der Waals surface area contributed by atoms with Crippen molar-refractivity contribution in [1.82, 2.24) is 15.1 Å². The fourth-order valence-electron chi connectivity index (χ4n) is 3.64. The van der Waals surface area contributed by atoms with Crippen LogP contribution >= 0.6 is 0 Å². The van der Waals surface area contributed by atoms with Crippen LogP contribution in [-0.2, 0) is 9.47 Å². The van der Waals surface area contributed by atoms with Gasteiger partial charge in [-0.15, -0.1) is 0 Å². The largest absolute Gasteiger partial charge is 0.381 e. The number of likely N-dealkylation sites (tertiary alicyclic amines) is 1. The second kappa shape index (κ2) is 7.62. The van der Waals surface area contributed by atoms with Gasteiger partial charge in [0, 0.05) is 51.3 Å². The summed E-state index contributed by atoms with van der Waals surface area (Å²) in [6.45, 7) is 12.8. The van der Waals surface area contributed by atoms with Crippen LogP contribution in [0.25, 0.3) is 0 Å². The molecule has 1 N–H and O–H groups in total. The molecule has 0 bridgehead atoms. The Bertz CT molecular complexity index is 376. The number of nitrogens with zero attached hydrogens (tertiary/aromatic N) is 3. The van der Waals surface area contributed by atoms with Crippen molar-refractivity contribution >= 4 is 5.96 Å². The van der Waals surface area contributed by atoms with Gasteiger partial charge < -0.3 is 19.7 Å². The molecule has 1 unspecified atom stereocenters. The molecule has 3 fully saturated rings. The van der Waals surface area contributed by atoms with Crippen molar-refractivity contribution in [3.63, 3.8) is 0 Å². The Hall–Kier alpha value is -0.850. The minimum Gasteiger partial charge on any atom is -0.381 e. The molecular formula is C16H30N4O2. The smallest absolute Gasteiger partial charge is 0.193 e. The van der Waals surface area contributed by atoms with Gasteiger partial charge in [-0.05, 0) is 19.8 Å². The first-order valence-corrected chi connectivity index (χ1v) is 8.72. The molecule has 0 aromatic rings. The topological polar surface area (TPSA) is 49.3 Å². The molecule has 0 aliphatic carbocycles. The van der Waals surface area contributed by atoms with Gasteiger partial charge in [0.25, 0.3) is 0 Å². The highest BCUT2D eigenvalue weighted by Crippen LogP contribution is 2.38. The second-order valence-corrected chi connectivity index (χ2v) is 6.66. The molecule has 126 valence electrons. The summed E-state index contributed by atoms with van der Waals surface area (Å²) in [7, 11) is 0. The van der Waals surface area contributed by atoms with Crippen LogP contribution in [0, 0.1) is 5.41 Å². The first kappa shape index (κ1) is 16.0. The van der Waals surface area contributed by atoms with Crippen LogP contribution in [0.1, 0.15) is 19.8 Å². The molecule has 3 rings (SSSR count). The van der Waals surface area contributed by atoms with Gasteiger partial charge in [-0.25, -0.2) is 0 Å². The summed E-state index contributed by atoms with van der Waals surface area (Å²) in [5.41, 5.74) is 0.389. The fourth-order valence-corrected chi connectivity index (χ4v) is 3.64. The van der Waals surface area contributed by atoms with Gasteiger partial charge in [-0.2, -0.15) is 0 Å². The molecule has 3 aliphatic heterocycles. The molecule has 0 radical (unpaired) electrons. The van der Waals surface area contributed by atoms with Gasteiger partial charge in [0.15, 0.2) is 5.96 Å². The molecule has 0 aromatic heterocycles. The van der Waals surface area contributed by atoms with Crippen LogP contribution in [-0.4, -0.2) is 88.0 Å². The highest BCUT2D eigenvalue weighted by Gasteiger charge is 2.42. The van der Waals surface area contributed by atoms with E-state index in [4.69, 9.17) is 14.5 Å². The lowest BCUT2D eigenvalue weighted by atomic mass is 9.87. The van der Waals surface area contributed by atoms with Crippen LogP contribution in [0.4, 0.5) is 0 Å². The molecule has 1 atom stereocenters. The van der Waals surface area contributed by atoms with Crippen LogP contribution in [0.5, 0.6) is 0 Å². The lowest BCUT2D eigenvalue weighted by Gasteiger charge is -2.27. The van der Waals surface area contributed by atoms with E-state index in [0.717, 1.165) is 78.2 Å². The van der Waals surface area contributed by atoms with Gasteiger partial charge in [0.05, 0.1) is 26.4 Å². The Balaban J connectivity index is 1.51. The Labute approximate surface area is 133 Å². The van der Waals surface area contributed by atoms with Crippen LogP contribution in [0.2, 0.25) is 0 Å². The van der Waals surface area contributed by atoms with E-state index >= 15 is 0 Å². The van der Waals surface area contributed by atoms with E-state index in [1.54, 1.807) is 0 Å². The van der Waals surface area contributed by atoms with Crippen molar-refractivity contribution in [1.29, 1.82) is 0 Å². The molecule has 3 saturated heterocycles. The maximum atomic E-state index is 5.63. The maximum Gasteiger partial charge on any atom is 0.193 e. The van der Waals surface area contributed by atoms with E-state index in [1.807, 2.05) is 0 Å². The van der Waals surface area contributed by atoms with Gasteiger partial charge in [-0.1, -0.05) is 0 Å². The Morgan fingerprint density at radius 2 is 2.00 bits per heavy atom. The van der Waals surface area contributed by atoms with Crippen LogP contribution in [0.3, 0.4) is 0 Å². The van der Waals surface area contributed by atoms with Crippen LogP contribution in [0.15, 0.2) is 4.99 Å². The van der Waals surface area contributed by atoms with E-state index in [2.05, 4.69) is 22.0 Å². The average molecular weight is 310 g/mol. The molecule has 3 heterocycles. The number of nitrogens with one attached hydrogen (secondary N) is 1. The highest BCUT2D eigenvalue weighted by molar-refractivity contribution is 5.80.